The van der Waals surface area contributed by atoms with E-state index in [4.69, 9.17) is 4.74 Å². The highest BCUT2D eigenvalue weighted by atomic mass is 35.5. The van der Waals surface area contributed by atoms with Crippen molar-refractivity contribution in [1.82, 2.24) is 4.90 Å². The van der Waals surface area contributed by atoms with Gasteiger partial charge in [0.25, 0.3) is 0 Å². The molecule has 0 radical (unpaired) electrons. The predicted molar refractivity (Wildman–Crippen MR) is 92.6 cm³/mol. The zero-order valence-electron chi connectivity index (χ0n) is 12.4. The highest BCUT2D eigenvalue weighted by molar-refractivity contribution is 7.08. The van der Waals surface area contributed by atoms with Crippen LogP contribution in [0, 0.1) is 0 Å². The number of carbonyl (C=O) groups excluding carboxylic acids is 1. The smallest absolute Gasteiger partial charge is 0.193 e. The fraction of sp³-hybridized carbons (Fsp3) is 0.353. The summed E-state index contributed by atoms with van der Waals surface area (Å²) in [5, 5.41) is 3.80. The quantitative estimate of drug-likeness (QED) is 0.749. The van der Waals surface area contributed by atoms with Gasteiger partial charge in [-0.15, -0.1) is 12.4 Å². The van der Waals surface area contributed by atoms with Gasteiger partial charge in [-0.25, -0.2) is 0 Å². The van der Waals surface area contributed by atoms with Crippen molar-refractivity contribution in [2.75, 3.05) is 26.2 Å². The van der Waals surface area contributed by atoms with E-state index in [1.54, 1.807) is 0 Å². The van der Waals surface area contributed by atoms with Gasteiger partial charge in [0.1, 0.15) is 12.4 Å². The summed E-state index contributed by atoms with van der Waals surface area (Å²) in [5.74, 6) is 0.899. The van der Waals surface area contributed by atoms with Crippen molar-refractivity contribution in [2.45, 2.75) is 12.8 Å². The standard InChI is InChI=1S/C17H19NO2S.ClH/c19-17(15-7-12-21-13-15)14-3-5-16(6-4-14)20-11-10-18-8-1-2-9-18;/h3-7,12-13H,1-2,8-11H2;1H. The SMILES string of the molecule is Cl.O=C(c1ccc(OCCN2CCCC2)cc1)c1ccsc1. The second kappa shape index (κ2) is 8.32. The second-order valence-electron chi connectivity index (χ2n) is 5.26. The van der Waals surface area contributed by atoms with Crippen molar-refractivity contribution in [3.05, 3.63) is 52.2 Å². The summed E-state index contributed by atoms with van der Waals surface area (Å²) in [7, 11) is 0. The number of rotatable bonds is 6. The zero-order chi connectivity index (χ0) is 14.5. The monoisotopic (exact) mass is 337 g/mol. The maximum absolute atomic E-state index is 12.2. The molecule has 0 amide bonds. The Morgan fingerprint density at radius 2 is 1.82 bits per heavy atom. The van der Waals surface area contributed by atoms with Crippen LogP contribution in [-0.4, -0.2) is 36.9 Å². The van der Waals surface area contributed by atoms with Crippen LogP contribution in [0.2, 0.25) is 0 Å². The number of halogens is 1. The summed E-state index contributed by atoms with van der Waals surface area (Å²) in [6, 6.07) is 9.29. The van der Waals surface area contributed by atoms with Crippen LogP contribution >= 0.6 is 23.7 Å². The number of thiophene rings is 1. The Labute approximate surface area is 141 Å². The predicted octanol–water partition coefficient (Wildman–Crippen LogP) is 3.88. The van der Waals surface area contributed by atoms with Crippen molar-refractivity contribution in [1.29, 1.82) is 0 Å². The fourth-order valence-corrected chi connectivity index (χ4v) is 3.20. The molecule has 3 nitrogen and oxygen atoms in total. The lowest BCUT2D eigenvalue weighted by Gasteiger charge is -2.14. The fourth-order valence-electron chi connectivity index (χ4n) is 2.56. The van der Waals surface area contributed by atoms with Crippen molar-refractivity contribution in [2.24, 2.45) is 0 Å². The minimum Gasteiger partial charge on any atom is -0.492 e. The Morgan fingerprint density at radius 1 is 1.09 bits per heavy atom. The molecule has 1 fully saturated rings. The number of ether oxygens (including phenoxy) is 1. The van der Waals surface area contributed by atoms with Crippen LogP contribution in [0.25, 0.3) is 0 Å². The van der Waals surface area contributed by atoms with Crippen LogP contribution in [0.15, 0.2) is 41.1 Å². The number of benzene rings is 1. The second-order valence-corrected chi connectivity index (χ2v) is 6.04. The Balaban J connectivity index is 0.00000176. The maximum atomic E-state index is 12.2. The molecule has 1 saturated heterocycles. The first-order valence-corrected chi connectivity index (χ1v) is 8.29. The number of hydrogen-bond donors (Lipinski definition) is 0. The molecule has 1 aromatic heterocycles. The molecule has 3 rings (SSSR count). The molecule has 0 unspecified atom stereocenters. The Kier molecular flexibility index (Phi) is 6.43. The molecule has 0 bridgehead atoms. The van der Waals surface area contributed by atoms with E-state index in [-0.39, 0.29) is 18.2 Å². The molecule has 2 aromatic rings. The van der Waals surface area contributed by atoms with E-state index in [2.05, 4.69) is 4.90 Å². The Morgan fingerprint density at radius 3 is 2.45 bits per heavy atom. The first kappa shape index (κ1) is 17.0. The molecule has 0 atom stereocenters. The molecule has 2 heterocycles. The molecule has 118 valence electrons. The van der Waals surface area contributed by atoms with Gasteiger partial charge in [0.2, 0.25) is 0 Å². The van der Waals surface area contributed by atoms with Crippen LogP contribution in [0.3, 0.4) is 0 Å². The third-order valence-electron chi connectivity index (χ3n) is 3.77. The van der Waals surface area contributed by atoms with E-state index in [0.717, 1.165) is 17.9 Å². The molecule has 1 aromatic carbocycles. The van der Waals surface area contributed by atoms with E-state index >= 15 is 0 Å². The first-order chi connectivity index (χ1) is 10.3. The number of ketones is 1. The lowest BCUT2D eigenvalue weighted by molar-refractivity contribution is 0.103. The van der Waals surface area contributed by atoms with Gasteiger partial charge in [0.05, 0.1) is 0 Å². The number of likely N-dealkylation sites (tertiary alicyclic amines) is 1. The molecule has 22 heavy (non-hydrogen) atoms. The zero-order valence-corrected chi connectivity index (χ0v) is 14.0. The van der Waals surface area contributed by atoms with Crippen molar-refractivity contribution in [3.63, 3.8) is 0 Å². The Hall–Kier alpha value is -1.36. The van der Waals surface area contributed by atoms with E-state index in [1.165, 1.54) is 37.3 Å². The molecule has 0 spiro atoms. The molecule has 0 saturated carbocycles. The summed E-state index contributed by atoms with van der Waals surface area (Å²) in [6.45, 7) is 4.07. The molecule has 0 aliphatic carbocycles. The normalized spacial score (nSPS) is 14.5. The number of nitrogens with zero attached hydrogens (tertiary/aromatic N) is 1. The topological polar surface area (TPSA) is 29.5 Å². The van der Waals surface area contributed by atoms with Gasteiger partial charge < -0.3 is 4.74 Å². The van der Waals surface area contributed by atoms with Gasteiger partial charge in [0.15, 0.2) is 5.78 Å². The van der Waals surface area contributed by atoms with Crippen LogP contribution in [-0.2, 0) is 0 Å². The average molecular weight is 338 g/mol. The van der Waals surface area contributed by atoms with Crippen LogP contribution in [0.5, 0.6) is 5.75 Å². The van der Waals surface area contributed by atoms with Crippen LogP contribution < -0.4 is 4.74 Å². The minimum absolute atomic E-state index is 0. The van der Waals surface area contributed by atoms with Gasteiger partial charge in [-0.2, -0.15) is 11.3 Å². The third kappa shape index (κ3) is 4.32. The lowest BCUT2D eigenvalue weighted by atomic mass is 10.1. The van der Waals surface area contributed by atoms with Gasteiger partial charge in [-0.05, 0) is 61.6 Å². The van der Waals surface area contributed by atoms with Gasteiger partial charge in [-0.1, -0.05) is 0 Å². The highest BCUT2D eigenvalue weighted by Crippen LogP contribution is 2.17. The summed E-state index contributed by atoms with van der Waals surface area (Å²) < 4.78 is 5.74. The highest BCUT2D eigenvalue weighted by Gasteiger charge is 2.11. The van der Waals surface area contributed by atoms with Gasteiger partial charge >= 0.3 is 0 Å². The average Bonchev–Trinajstić information content (AvgIpc) is 3.21. The Bertz CT molecular complexity index is 577. The number of carbonyl (C=O) groups is 1. The van der Waals surface area contributed by atoms with Crippen LogP contribution in [0.4, 0.5) is 0 Å². The van der Waals surface area contributed by atoms with E-state index < -0.39 is 0 Å². The first-order valence-electron chi connectivity index (χ1n) is 7.35. The maximum Gasteiger partial charge on any atom is 0.193 e. The van der Waals surface area contributed by atoms with Gasteiger partial charge in [-0.3, -0.25) is 9.69 Å². The van der Waals surface area contributed by atoms with Gasteiger partial charge in [0, 0.05) is 23.1 Å². The molecular weight excluding hydrogens is 318 g/mol. The summed E-state index contributed by atoms with van der Waals surface area (Å²) in [4.78, 5) is 14.6. The minimum atomic E-state index is 0. The summed E-state index contributed by atoms with van der Waals surface area (Å²) >= 11 is 1.54. The molecule has 1 aliphatic rings. The van der Waals surface area contributed by atoms with E-state index in [1.807, 2.05) is 41.1 Å². The summed E-state index contributed by atoms with van der Waals surface area (Å²) in [6.07, 6.45) is 2.61. The van der Waals surface area contributed by atoms with Crippen molar-refractivity contribution < 1.29 is 9.53 Å². The molecular formula is C17H20ClNO2S. The van der Waals surface area contributed by atoms with Crippen molar-refractivity contribution >= 4 is 29.5 Å². The van der Waals surface area contributed by atoms with E-state index in [9.17, 15) is 4.79 Å². The molecule has 0 N–H and O–H groups in total. The van der Waals surface area contributed by atoms with Crippen LogP contribution in [0.1, 0.15) is 28.8 Å². The van der Waals surface area contributed by atoms with E-state index in [0.29, 0.717) is 12.2 Å². The molecule has 5 heteroatoms. The molecule has 1 aliphatic heterocycles. The number of hydrogen-bond acceptors (Lipinski definition) is 4. The largest absolute Gasteiger partial charge is 0.492 e. The van der Waals surface area contributed by atoms with Crippen molar-refractivity contribution in [3.8, 4) is 5.75 Å². The third-order valence-corrected chi connectivity index (χ3v) is 4.46. The summed E-state index contributed by atoms with van der Waals surface area (Å²) in [5.41, 5.74) is 1.46. The lowest BCUT2D eigenvalue weighted by Crippen LogP contribution is -2.25.